The Balaban J connectivity index is 1.66. The van der Waals surface area contributed by atoms with E-state index in [1.165, 1.54) is 65.3 Å². The van der Waals surface area contributed by atoms with Gasteiger partial charge in [-0.15, -0.1) is 0 Å². The van der Waals surface area contributed by atoms with Crippen LogP contribution in [0.5, 0.6) is 0 Å². The van der Waals surface area contributed by atoms with Crippen molar-refractivity contribution >= 4 is 43.1 Å². The minimum Gasteiger partial charge on any atom is -0.0622 e. The molecule has 7 aromatic carbocycles. The molecule has 7 rings (SSSR count). The number of hydrogen-bond donors (Lipinski definition) is 0. The van der Waals surface area contributed by atoms with Crippen LogP contribution in [0.15, 0.2) is 121 Å². The third kappa shape index (κ3) is 2.50. The lowest BCUT2D eigenvalue weighted by Gasteiger charge is -2.17. The maximum absolute atomic E-state index is 2.38. The van der Waals surface area contributed by atoms with Crippen molar-refractivity contribution < 1.29 is 0 Å². The van der Waals surface area contributed by atoms with E-state index in [4.69, 9.17) is 0 Å². The first-order valence-corrected chi connectivity index (χ1v) is 11.1. The molecule has 0 N–H and O–H groups in total. The molecule has 0 heteroatoms. The second-order valence-corrected chi connectivity index (χ2v) is 8.59. The van der Waals surface area contributed by atoms with Gasteiger partial charge < -0.3 is 0 Å². The first kappa shape index (κ1) is 17.5. The van der Waals surface area contributed by atoms with E-state index in [1.54, 1.807) is 0 Å². The van der Waals surface area contributed by atoms with Crippen molar-refractivity contribution in [2.45, 2.75) is 0 Å². The SMILES string of the molecule is c1ccc(-c2cc3cccc4c5cc(-c6ccccc6)cc6cccc(c(c2)c34)c65)cc1. The van der Waals surface area contributed by atoms with Crippen LogP contribution in [0.2, 0.25) is 0 Å². The Morgan fingerprint density at radius 3 is 1.16 bits per heavy atom. The molecule has 0 atom stereocenters. The van der Waals surface area contributed by atoms with E-state index in [9.17, 15) is 0 Å². The highest BCUT2D eigenvalue weighted by Gasteiger charge is 2.15. The summed E-state index contributed by atoms with van der Waals surface area (Å²) in [7, 11) is 0. The highest BCUT2D eigenvalue weighted by molar-refractivity contribution is 6.33. The van der Waals surface area contributed by atoms with Crippen molar-refractivity contribution in [2.24, 2.45) is 0 Å². The maximum atomic E-state index is 2.38. The normalized spacial score (nSPS) is 11.8. The zero-order valence-corrected chi connectivity index (χ0v) is 17.5. The Bertz CT molecular complexity index is 1610. The maximum Gasteiger partial charge on any atom is -0.00259 e. The fraction of sp³-hybridized carbons (Fsp3) is 0. The molecule has 0 amide bonds. The van der Waals surface area contributed by atoms with Crippen LogP contribution in [-0.2, 0) is 0 Å². The van der Waals surface area contributed by atoms with E-state index < -0.39 is 0 Å². The summed E-state index contributed by atoms with van der Waals surface area (Å²) in [4.78, 5) is 0. The lowest BCUT2D eigenvalue weighted by molar-refractivity contribution is 1.65. The summed E-state index contributed by atoms with van der Waals surface area (Å²) < 4.78 is 0. The van der Waals surface area contributed by atoms with Gasteiger partial charge in [0.2, 0.25) is 0 Å². The summed E-state index contributed by atoms with van der Waals surface area (Å²) in [6.07, 6.45) is 0. The molecule has 0 nitrogen and oxygen atoms in total. The monoisotopic (exact) mass is 404 g/mol. The molecule has 0 saturated heterocycles. The highest BCUT2D eigenvalue weighted by atomic mass is 14.2. The number of rotatable bonds is 2. The summed E-state index contributed by atoms with van der Waals surface area (Å²) in [6.45, 7) is 0. The summed E-state index contributed by atoms with van der Waals surface area (Å²) in [5.41, 5.74) is 5.06. The standard InChI is InChI=1S/C32H20/c1-3-9-21(10-4-1)25-17-23-13-7-16-28-30-20-26(22-11-5-2-6-12-22)18-24-14-8-15-27(32(24)30)29(19-25)31(23)28/h1-20H. The van der Waals surface area contributed by atoms with Crippen molar-refractivity contribution in [1.82, 2.24) is 0 Å². The fourth-order valence-electron chi connectivity index (χ4n) is 5.32. The molecule has 0 aliphatic carbocycles. The minimum atomic E-state index is 1.26. The molecular weight excluding hydrogens is 384 g/mol. The molecule has 0 aliphatic heterocycles. The molecule has 0 bridgehead atoms. The van der Waals surface area contributed by atoms with Crippen LogP contribution < -0.4 is 0 Å². The molecule has 7 aromatic rings. The van der Waals surface area contributed by atoms with Gasteiger partial charge in [-0.3, -0.25) is 0 Å². The lowest BCUT2D eigenvalue weighted by atomic mass is 9.86. The van der Waals surface area contributed by atoms with Crippen molar-refractivity contribution in [2.75, 3.05) is 0 Å². The van der Waals surface area contributed by atoms with Crippen LogP contribution >= 0.6 is 0 Å². The topological polar surface area (TPSA) is 0 Å². The average molecular weight is 405 g/mol. The van der Waals surface area contributed by atoms with Crippen molar-refractivity contribution in [3.05, 3.63) is 121 Å². The van der Waals surface area contributed by atoms with E-state index in [2.05, 4.69) is 121 Å². The van der Waals surface area contributed by atoms with Gasteiger partial charge in [0.25, 0.3) is 0 Å². The molecule has 148 valence electrons. The molecule has 0 spiro atoms. The third-order valence-corrected chi connectivity index (χ3v) is 6.75. The largest absolute Gasteiger partial charge is 0.0622 e. The Labute approximate surface area is 186 Å². The van der Waals surface area contributed by atoms with Crippen LogP contribution in [0.25, 0.3) is 65.3 Å². The van der Waals surface area contributed by atoms with Crippen LogP contribution in [-0.4, -0.2) is 0 Å². The number of fused-ring (bicyclic) bond motifs is 2. The summed E-state index contributed by atoms with van der Waals surface area (Å²) >= 11 is 0. The first-order chi connectivity index (χ1) is 15.9. The predicted molar refractivity (Wildman–Crippen MR) is 139 cm³/mol. The van der Waals surface area contributed by atoms with Crippen molar-refractivity contribution in [1.29, 1.82) is 0 Å². The molecule has 0 radical (unpaired) electrons. The van der Waals surface area contributed by atoms with E-state index >= 15 is 0 Å². The average Bonchev–Trinajstić information content (AvgIpc) is 2.87. The molecule has 0 unspecified atom stereocenters. The summed E-state index contributed by atoms with van der Waals surface area (Å²) in [6, 6.07) is 44.3. The van der Waals surface area contributed by atoms with Gasteiger partial charge in [0.15, 0.2) is 0 Å². The smallest absolute Gasteiger partial charge is 0.00259 e. The van der Waals surface area contributed by atoms with Gasteiger partial charge in [-0.05, 0) is 89.6 Å². The molecule has 0 heterocycles. The second-order valence-electron chi connectivity index (χ2n) is 8.59. The molecule has 0 aromatic heterocycles. The van der Waals surface area contributed by atoms with Gasteiger partial charge in [0, 0.05) is 0 Å². The van der Waals surface area contributed by atoms with E-state index in [0.29, 0.717) is 0 Å². The van der Waals surface area contributed by atoms with Crippen molar-refractivity contribution in [3.63, 3.8) is 0 Å². The molecule has 0 aliphatic rings. The molecular formula is C32H20. The van der Waals surface area contributed by atoms with E-state index in [-0.39, 0.29) is 0 Å². The Hall–Kier alpha value is -4.16. The predicted octanol–water partition coefficient (Wildman–Crippen LogP) is 9.07. The summed E-state index contributed by atoms with van der Waals surface area (Å²) in [5.74, 6) is 0. The molecule has 0 saturated carbocycles. The zero-order valence-electron chi connectivity index (χ0n) is 17.5. The third-order valence-electron chi connectivity index (χ3n) is 6.75. The molecule has 32 heavy (non-hydrogen) atoms. The van der Waals surface area contributed by atoms with Gasteiger partial charge in [-0.25, -0.2) is 0 Å². The van der Waals surface area contributed by atoms with E-state index in [1.807, 2.05) is 0 Å². The Morgan fingerprint density at radius 1 is 0.281 bits per heavy atom. The number of benzene rings is 7. The van der Waals surface area contributed by atoms with Gasteiger partial charge in [-0.2, -0.15) is 0 Å². The highest BCUT2D eigenvalue weighted by Crippen LogP contribution is 2.43. The van der Waals surface area contributed by atoms with Gasteiger partial charge in [0.05, 0.1) is 0 Å². The Morgan fingerprint density at radius 2 is 0.719 bits per heavy atom. The summed E-state index contributed by atoms with van der Waals surface area (Å²) in [5, 5.41) is 10.6. The molecule has 0 fully saturated rings. The van der Waals surface area contributed by atoms with Gasteiger partial charge >= 0.3 is 0 Å². The second kappa shape index (κ2) is 6.67. The zero-order chi connectivity index (χ0) is 21.1. The number of hydrogen-bond acceptors (Lipinski definition) is 0. The van der Waals surface area contributed by atoms with Crippen LogP contribution in [0.4, 0.5) is 0 Å². The fourth-order valence-corrected chi connectivity index (χ4v) is 5.32. The first-order valence-electron chi connectivity index (χ1n) is 11.1. The van der Waals surface area contributed by atoms with Crippen LogP contribution in [0.1, 0.15) is 0 Å². The van der Waals surface area contributed by atoms with Gasteiger partial charge in [0.1, 0.15) is 0 Å². The van der Waals surface area contributed by atoms with Crippen LogP contribution in [0, 0.1) is 0 Å². The van der Waals surface area contributed by atoms with Crippen LogP contribution in [0.3, 0.4) is 0 Å². The lowest BCUT2D eigenvalue weighted by Crippen LogP contribution is -1.89. The minimum absolute atomic E-state index is 1.26. The van der Waals surface area contributed by atoms with E-state index in [0.717, 1.165) is 0 Å². The quantitative estimate of drug-likeness (QED) is 0.199. The Kier molecular flexibility index (Phi) is 3.65. The van der Waals surface area contributed by atoms with Crippen molar-refractivity contribution in [3.8, 4) is 22.3 Å². The van der Waals surface area contributed by atoms with Gasteiger partial charge in [-0.1, -0.05) is 97.1 Å².